The van der Waals surface area contributed by atoms with Crippen LogP contribution in [0.5, 0.6) is 0 Å². The second-order valence-electron chi connectivity index (χ2n) is 4.34. The van der Waals surface area contributed by atoms with Gasteiger partial charge in [-0.15, -0.1) is 0 Å². The van der Waals surface area contributed by atoms with E-state index in [0.29, 0.717) is 0 Å². The van der Waals surface area contributed by atoms with E-state index in [4.69, 9.17) is 5.11 Å². The summed E-state index contributed by atoms with van der Waals surface area (Å²) < 4.78 is 4.63. The molecule has 2 rings (SSSR count). The molecule has 0 heterocycles. The summed E-state index contributed by atoms with van der Waals surface area (Å²) in [5.41, 5.74) is 0.330. The van der Waals surface area contributed by atoms with Crippen molar-refractivity contribution in [3.05, 3.63) is 65.2 Å². The second-order valence-corrected chi connectivity index (χ2v) is 4.34. The smallest absolute Gasteiger partial charge is 0.338 e. The molecule has 0 aliphatic carbocycles. The Morgan fingerprint density at radius 2 is 1.45 bits per heavy atom. The van der Waals surface area contributed by atoms with Gasteiger partial charge in [0.15, 0.2) is 0 Å². The molecule has 0 fully saturated rings. The molecule has 0 spiro atoms. The number of hydrogen-bond acceptors (Lipinski definition) is 4. The van der Waals surface area contributed by atoms with E-state index in [1.54, 1.807) is 24.3 Å². The number of ether oxygens (including phenoxy) is 1. The summed E-state index contributed by atoms with van der Waals surface area (Å²) in [5, 5.41) is 11.6. The van der Waals surface area contributed by atoms with E-state index in [0.717, 1.165) is 0 Å². The van der Waals surface area contributed by atoms with Crippen molar-refractivity contribution in [1.82, 2.24) is 0 Å². The van der Waals surface area contributed by atoms with Gasteiger partial charge < -0.3 is 15.2 Å². The molecule has 0 aliphatic rings. The maximum Gasteiger partial charge on any atom is 0.338 e. The molecule has 6 heteroatoms. The van der Waals surface area contributed by atoms with Gasteiger partial charge in [0.1, 0.15) is 0 Å². The number of esters is 1. The maximum atomic E-state index is 12.3. The Morgan fingerprint density at radius 1 is 0.909 bits per heavy atom. The van der Waals surface area contributed by atoms with Gasteiger partial charge in [-0.3, -0.25) is 4.79 Å². The second kappa shape index (κ2) is 6.53. The zero-order chi connectivity index (χ0) is 16.1. The molecule has 2 N–H and O–H groups in total. The third-order valence-electron chi connectivity index (χ3n) is 2.98. The molecule has 112 valence electrons. The van der Waals surface area contributed by atoms with E-state index in [1.165, 1.54) is 31.4 Å². The number of para-hydroxylation sites is 1. The highest BCUT2D eigenvalue weighted by molar-refractivity contribution is 6.12. The summed E-state index contributed by atoms with van der Waals surface area (Å²) >= 11 is 0. The molecule has 0 aromatic heterocycles. The van der Waals surface area contributed by atoms with E-state index >= 15 is 0 Å². The van der Waals surface area contributed by atoms with Crippen molar-refractivity contribution in [3.63, 3.8) is 0 Å². The van der Waals surface area contributed by atoms with Crippen LogP contribution in [0.1, 0.15) is 31.1 Å². The lowest BCUT2D eigenvalue weighted by molar-refractivity contribution is 0.0596. The Kier molecular flexibility index (Phi) is 4.53. The first kappa shape index (κ1) is 15.2. The number of benzene rings is 2. The molecule has 0 bridgehead atoms. The molecule has 0 saturated carbocycles. The first-order valence-electron chi connectivity index (χ1n) is 6.35. The van der Waals surface area contributed by atoms with Crippen LogP contribution in [0, 0.1) is 0 Å². The molecular weight excluding hydrogens is 286 g/mol. The molecular formula is C16H13NO5. The number of carboxylic acid groups (broad SMARTS) is 1. The van der Waals surface area contributed by atoms with Gasteiger partial charge in [-0.05, 0) is 24.3 Å². The standard InChI is InChI=1S/C16H13NO5/c1-22-16(21)11-7-3-2-6-10(11)14(18)17-13-9-5-4-8-12(13)15(19)20/h2-9H,1H3,(H,17,18)(H,19,20). The normalized spacial score (nSPS) is 9.86. The number of amides is 1. The number of hydrogen-bond donors (Lipinski definition) is 2. The van der Waals surface area contributed by atoms with E-state index < -0.39 is 17.8 Å². The highest BCUT2D eigenvalue weighted by Gasteiger charge is 2.18. The predicted octanol–water partition coefficient (Wildman–Crippen LogP) is 2.42. The summed E-state index contributed by atoms with van der Waals surface area (Å²) in [7, 11) is 1.22. The maximum absolute atomic E-state index is 12.3. The summed E-state index contributed by atoms with van der Waals surface area (Å²) in [4.78, 5) is 35.1. The molecule has 2 aromatic rings. The largest absolute Gasteiger partial charge is 0.478 e. The molecule has 1 amide bonds. The Morgan fingerprint density at radius 3 is 2.05 bits per heavy atom. The Hall–Kier alpha value is -3.15. The van der Waals surface area contributed by atoms with Crippen molar-refractivity contribution in [3.8, 4) is 0 Å². The van der Waals surface area contributed by atoms with Crippen molar-refractivity contribution in [2.24, 2.45) is 0 Å². The average Bonchev–Trinajstić information content (AvgIpc) is 2.54. The van der Waals surface area contributed by atoms with Gasteiger partial charge in [-0.1, -0.05) is 24.3 Å². The van der Waals surface area contributed by atoms with Gasteiger partial charge in [-0.2, -0.15) is 0 Å². The van der Waals surface area contributed by atoms with Crippen LogP contribution in [0.3, 0.4) is 0 Å². The van der Waals surface area contributed by atoms with Crippen LogP contribution in [0.2, 0.25) is 0 Å². The van der Waals surface area contributed by atoms with E-state index in [1.807, 2.05) is 0 Å². The lowest BCUT2D eigenvalue weighted by Crippen LogP contribution is -2.18. The zero-order valence-electron chi connectivity index (χ0n) is 11.7. The highest BCUT2D eigenvalue weighted by Crippen LogP contribution is 2.18. The fourth-order valence-electron chi connectivity index (χ4n) is 1.94. The zero-order valence-corrected chi connectivity index (χ0v) is 11.7. The number of anilines is 1. The van der Waals surface area contributed by atoms with E-state index in [-0.39, 0.29) is 22.4 Å². The minimum atomic E-state index is -1.16. The Bertz CT molecular complexity index is 739. The monoisotopic (exact) mass is 299 g/mol. The minimum Gasteiger partial charge on any atom is -0.478 e. The van der Waals surface area contributed by atoms with Crippen molar-refractivity contribution in [2.45, 2.75) is 0 Å². The SMILES string of the molecule is COC(=O)c1ccccc1C(=O)Nc1ccccc1C(=O)O. The van der Waals surface area contributed by atoms with Crippen molar-refractivity contribution in [1.29, 1.82) is 0 Å². The molecule has 6 nitrogen and oxygen atoms in total. The van der Waals surface area contributed by atoms with Crippen LogP contribution in [0.15, 0.2) is 48.5 Å². The Balaban J connectivity index is 2.35. The Labute approximate surface area is 126 Å². The van der Waals surface area contributed by atoms with Crippen molar-refractivity contribution in [2.75, 3.05) is 12.4 Å². The topological polar surface area (TPSA) is 92.7 Å². The van der Waals surface area contributed by atoms with Gasteiger partial charge in [-0.25, -0.2) is 9.59 Å². The molecule has 0 aliphatic heterocycles. The molecule has 0 saturated heterocycles. The van der Waals surface area contributed by atoms with Crippen molar-refractivity contribution >= 4 is 23.5 Å². The van der Waals surface area contributed by atoms with Gasteiger partial charge in [0.2, 0.25) is 0 Å². The predicted molar refractivity (Wildman–Crippen MR) is 79.1 cm³/mol. The van der Waals surface area contributed by atoms with E-state index in [2.05, 4.69) is 10.1 Å². The number of aromatic carboxylic acids is 1. The highest BCUT2D eigenvalue weighted by atomic mass is 16.5. The summed E-state index contributed by atoms with van der Waals surface area (Å²) in [5.74, 6) is -2.39. The van der Waals surface area contributed by atoms with Crippen molar-refractivity contribution < 1.29 is 24.2 Å². The minimum absolute atomic E-state index is 0.0357. The van der Waals surface area contributed by atoms with Gasteiger partial charge >= 0.3 is 11.9 Å². The fourth-order valence-corrected chi connectivity index (χ4v) is 1.94. The molecule has 0 unspecified atom stereocenters. The fraction of sp³-hybridized carbons (Fsp3) is 0.0625. The molecule has 0 atom stereocenters. The third-order valence-corrected chi connectivity index (χ3v) is 2.98. The number of carbonyl (C=O) groups excluding carboxylic acids is 2. The summed E-state index contributed by atoms with van der Waals surface area (Å²) in [6, 6.07) is 12.1. The molecule has 0 radical (unpaired) electrons. The number of rotatable bonds is 4. The number of methoxy groups -OCH3 is 1. The lowest BCUT2D eigenvalue weighted by atomic mass is 10.1. The summed E-state index contributed by atoms with van der Waals surface area (Å²) in [6.45, 7) is 0. The van der Waals surface area contributed by atoms with Crippen LogP contribution >= 0.6 is 0 Å². The quantitative estimate of drug-likeness (QED) is 0.846. The third kappa shape index (κ3) is 3.12. The first-order chi connectivity index (χ1) is 10.5. The molecule has 22 heavy (non-hydrogen) atoms. The van der Waals surface area contributed by atoms with Crippen LogP contribution in [0.25, 0.3) is 0 Å². The van der Waals surface area contributed by atoms with Gasteiger partial charge in [0.05, 0.1) is 29.5 Å². The number of nitrogens with one attached hydrogen (secondary N) is 1. The first-order valence-corrected chi connectivity index (χ1v) is 6.35. The number of carbonyl (C=O) groups is 3. The van der Waals surface area contributed by atoms with Gasteiger partial charge in [0, 0.05) is 0 Å². The van der Waals surface area contributed by atoms with Crippen LogP contribution in [-0.2, 0) is 4.74 Å². The van der Waals surface area contributed by atoms with Crippen LogP contribution < -0.4 is 5.32 Å². The lowest BCUT2D eigenvalue weighted by Gasteiger charge is -2.10. The van der Waals surface area contributed by atoms with Crippen LogP contribution in [0.4, 0.5) is 5.69 Å². The summed E-state index contributed by atoms with van der Waals surface area (Å²) in [6.07, 6.45) is 0. The average molecular weight is 299 g/mol. The number of carboxylic acids is 1. The van der Waals surface area contributed by atoms with Gasteiger partial charge in [0.25, 0.3) is 5.91 Å². The molecule has 2 aromatic carbocycles. The van der Waals surface area contributed by atoms with E-state index in [9.17, 15) is 14.4 Å². The van der Waals surface area contributed by atoms with Crippen LogP contribution in [-0.4, -0.2) is 30.1 Å².